The van der Waals surface area contributed by atoms with Gasteiger partial charge in [0, 0.05) is 5.88 Å². The van der Waals surface area contributed by atoms with E-state index >= 15 is 0 Å². The first-order valence-electron chi connectivity index (χ1n) is 3.90. The number of aromatic nitrogens is 2. The summed E-state index contributed by atoms with van der Waals surface area (Å²) in [6.07, 6.45) is -4.74. The summed E-state index contributed by atoms with van der Waals surface area (Å²) in [7, 11) is -3.92. The van der Waals surface area contributed by atoms with E-state index in [2.05, 4.69) is 9.36 Å². The van der Waals surface area contributed by atoms with Crippen molar-refractivity contribution in [3.8, 4) is 0 Å². The van der Waals surface area contributed by atoms with Gasteiger partial charge in [0.25, 0.3) is 0 Å². The van der Waals surface area contributed by atoms with E-state index in [1.807, 2.05) is 0 Å². The molecule has 0 amide bonds. The van der Waals surface area contributed by atoms with Gasteiger partial charge in [-0.15, -0.1) is 11.6 Å². The first-order chi connectivity index (χ1) is 7.19. The van der Waals surface area contributed by atoms with E-state index < -0.39 is 31.4 Å². The van der Waals surface area contributed by atoms with Crippen LogP contribution >= 0.6 is 23.1 Å². The second-order valence-electron chi connectivity index (χ2n) is 2.89. The van der Waals surface area contributed by atoms with Crippen LogP contribution in [0.4, 0.5) is 13.2 Å². The third-order valence-electron chi connectivity index (χ3n) is 1.65. The fourth-order valence-electron chi connectivity index (χ4n) is 0.695. The normalized spacial score (nSPS) is 15.1. The predicted molar refractivity (Wildman–Crippen MR) is 52.3 cm³/mol. The van der Waals surface area contributed by atoms with Crippen molar-refractivity contribution < 1.29 is 21.6 Å². The molecule has 0 aliphatic carbocycles. The van der Waals surface area contributed by atoms with Gasteiger partial charge in [0.15, 0.2) is 0 Å². The molecule has 0 spiro atoms. The van der Waals surface area contributed by atoms with Crippen LogP contribution in [0.1, 0.15) is 12.7 Å². The van der Waals surface area contributed by atoms with E-state index in [9.17, 15) is 21.6 Å². The molecule has 1 aromatic heterocycles. The summed E-state index contributed by atoms with van der Waals surface area (Å²) in [5.74, 6) is -1.67. The number of hydrogen-bond donors (Lipinski definition) is 0. The summed E-state index contributed by atoms with van der Waals surface area (Å²) in [5.41, 5.74) is 0. The molecule has 0 aliphatic heterocycles. The van der Waals surface area contributed by atoms with Crippen LogP contribution in [0.2, 0.25) is 0 Å². The third-order valence-corrected chi connectivity index (χ3v) is 5.53. The van der Waals surface area contributed by atoms with Gasteiger partial charge in [0.05, 0.1) is 5.25 Å². The predicted octanol–water partition coefficient (Wildman–Crippen LogP) is 1.96. The van der Waals surface area contributed by atoms with E-state index in [0.29, 0.717) is 0 Å². The number of halogens is 4. The Morgan fingerprint density at radius 1 is 1.50 bits per heavy atom. The van der Waals surface area contributed by atoms with Gasteiger partial charge in [0.2, 0.25) is 20.0 Å². The van der Waals surface area contributed by atoms with Crippen molar-refractivity contribution in [2.75, 3.05) is 5.88 Å². The van der Waals surface area contributed by atoms with Crippen molar-refractivity contribution in [2.45, 2.75) is 22.7 Å². The summed E-state index contributed by atoms with van der Waals surface area (Å²) in [4.78, 5) is 2.96. The standard InChI is InChI=1S/C6H6ClF3N2O2S2/c1-3(2-7)16(13,14)5-11-4(12-15-5)6(8,9)10/h3H,2H2,1H3. The Morgan fingerprint density at radius 3 is 2.44 bits per heavy atom. The highest BCUT2D eigenvalue weighted by molar-refractivity contribution is 7.93. The Labute approximate surface area is 98.5 Å². The number of alkyl halides is 4. The molecule has 1 unspecified atom stereocenters. The molecule has 0 aromatic carbocycles. The first-order valence-corrected chi connectivity index (χ1v) is 6.75. The lowest BCUT2D eigenvalue weighted by atomic mass is 10.6. The first kappa shape index (κ1) is 13.7. The van der Waals surface area contributed by atoms with Gasteiger partial charge >= 0.3 is 6.18 Å². The van der Waals surface area contributed by atoms with Crippen molar-refractivity contribution in [3.63, 3.8) is 0 Å². The van der Waals surface area contributed by atoms with Gasteiger partial charge in [0.1, 0.15) is 0 Å². The highest BCUT2D eigenvalue weighted by Gasteiger charge is 2.38. The zero-order valence-electron chi connectivity index (χ0n) is 7.82. The molecule has 16 heavy (non-hydrogen) atoms. The Balaban J connectivity index is 3.13. The Hall–Kier alpha value is -0.410. The van der Waals surface area contributed by atoms with E-state index in [0.717, 1.165) is 0 Å². The van der Waals surface area contributed by atoms with Gasteiger partial charge in [-0.05, 0) is 18.5 Å². The molecule has 0 aliphatic rings. The lowest BCUT2D eigenvalue weighted by molar-refractivity contribution is -0.144. The second-order valence-corrected chi connectivity index (χ2v) is 6.49. The lowest BCUT2D eigenvalue weighted by Crippen LogP contribution is -2.19. The molecule has 0 radical (unpaired) electrons. The minimum absolute atomic E-state index is 0.199. The number of hydrogen-bond acceptors (Lipinski definition) is 5. The maximum atomic E-state index is 12.1. The van der Waals surface area contributed by atoms with E-state index in [1.54, 1.807) is 0 Å². The molecule has 10 heteroatoms. The van der Waals surface area contributed by atoms with Crippen molar-refractivity contribution in [1.29, 1.82) is 0 Å². The van der Waals surface area contributed by atoms with Gasteiger partial charge in [-0.1, -0.05) is 0 Å². The van der Waals surface area contributed by atoms with Crippen LogP contribution in [0.5, 0.6) is 0 Å². The van der Waals surface area contributed by atoms with Gasteiger partial charge in [-0.2, -0.15) is 22.5 Å². The van der Waals surface area contributed by atoms with Crippen LogP contribution in [0.25, 0.3) is 0 Å². The van der Waals surface area contributed by atoms with Crippen molar-refractivity contribution in [1.82, 2.24) is 9.36 Å². The Morgan fingerprint density at radius 2 is 2.06 bits per heavy atom. The molecular weight excluding hydrogens is 289 g/mol. The average Bonchev–Trinajstić information content (AvgIpc) is 2.64. The number of nitrogens with zero attached hydrogens (tertiary/aromatic N) is 2. The van der Waals surface area contributed by atoms with Crippen molar-refractivity contribution in [3.05, 3.63) is 5.82 Å². The molecule has 0 fully saturated rings. The summed E-state index contributed by atoms with van der Waals surface area (Å²) in [6.45, 7) is 1.29. The molecule has 1 rings (SSSR count). The monoisotopic (exact) mass is 294 g/mol. The highest BCUT2D eigenvalue weighted by Crippen LogP contribution is 2.29. The minimum atomic E-state index is -4.74. The molecule has 0 saturated carbocycles. The molecular formula is C6H6ClF3N2O2S2. The molecule has 1 aromatic rings. The number of sulfone groups is 1. The highest BCUT2D eigenvalue weighted by atomic mass is 35.5. The van der Waals surface area contributed by atoms with Crippen molar-refractivity contribution >= 4 is 33.0 Å². The molecule has 4 nitrogen and oxygen atoms in total. The maximum Gasteiger partial charge on any atom is 0.452 e. The molecule has 0 saturated heterocycles. The van der Waals surface area contributed by atoms with Gasteiger partial charge < -0.3 is 0 Å². The topological polar surface area (TPSA) is 59.9 Å². The minimum Gasteiger partial charge on any atom is -0.221 e. The quantitative estimate of drug-likeness (QED) is 0.800. The lowest BCUT2D eigenvalue weighted by Gasteiger charge is -2.05. The second kappa shape index (κ2) is 4.46. The summed E-state index contributed by atoms with van der Waals surface area (Å²) in [5, 5.41) is -0.997. The zero-order chi connectivity index (χ0) is 12.6. The Bertz CT molecular complexity index is 470. The van der Waals surface area contributed by atoms with Crippen LogP contribution < -0.4 is 0 Å². The van der Waals surface area contributed by atoms with Crippen LogP contribution in [-0.4, -0.2) is 28.9 Å². The molecule has 1 heterocycles. The summed E-state index contributed by atoms with van der Waals surface area (Å²) >= 11 is 5.54. The molecule has 92 valence electrons. The number of rotatable bonds is 3. The fraction of sp³-hybridized carbons (Fsp3) is 0.667. The van der Waals surface area contributed by atoms with E-state index in [4.69, 9.17) is 11.6 Å². The molecule has 0 N–H and O–H groups in total. The van der Waals surface area contributed by atoms with E-state index in [1.165, 1.54) is 6.92 Å². The smallest absolute Gasteiger partial charge is 0.221 e. The maximum absolute atomic E-state index is 12.1. The summed E-state index contributed by atoms with van der Waals surface area (Å²) < 4.78 is 61.8. The SMILES string of the molecule is CC(CCl)S(=O)(=O)c1nc(C(F)(F)F)ns1. The van der Waals surface area contributed by atoms with Crippen LogP contribution in [-0.2, 0) is 16.0 Å². The fourth-order valence-corrected chi connectivity index (χ4v) is 3.37. The van der Waals surface area contributed by atoms with Crippen molar-refractivity contribution in [2.24, 2.45) is 0 Å². The van der Waals surface area contributed by atoms with Crippen LogP contribution in [0.15, 0.2) is 4.34 Å². The zero-order valence-corrected chi connectivity index (χ0v) is 10.2. The van der Waals surface area contributed by atoms with Gasteiger partial charge in [-0.25, -0.2) is 8.42 Å². The molecule has 0 bridgehead atoms. The average molecular weight is 295 g/mol. The largest absolute Gasteiger partial charge is 0.452 e. The van der Waals surface area contributed by atoms with E-state index in [-0.39, 0.29) is 17.4 Å². The summed E-state index contributed by atoms with van der Waals surface area (Å²) in [6, 6.07) is 0. The Kier molecular flexibility index (Phi) is 3.80. The van der Waals surface area contributed by atoms with Crippen LogP contribution in [0, 0.1) is 0 Å². The molecule has 1 atom stereocenters. The third kappa shape index (κ3) is 2.64. The van der Waals surface area contributed by atoms with Crippen LogP contribution in [0.3, 0.4) is 0 Å². The van der Waals surface area contributed by atoms with Gasteiger partial charge in [-0.3, -0.25) is 0 Å².